The lowest BCUT2D eigenvalue weighted by atomic mass is 10.4. The average Bonchev–Trinajstić information content (AvgIpc) is 1.77. The number of hydrogen-bond acceptors (Lipinski definition) is 5. The molecule has 5 heteroatoms. The van der Waals surface area contributed by atoms with Crippen LogP contribution in [0, 0.1) is 0 Å². The summed E-state index contributed by atoms with van der Waals surface area (Å²) >= 11 is 3.98. The zero-order chi connectivity index (χ0) is 5.98. The molecule has 0 spiro atoms. The fourth-order valence-corrected chi connectivity index (χ4v) is 0.795. The van der Waals surface area contributed by atoms with Gasteiger partial charge >= 0.3 is 0 Å². The molecular weight excluding hydrogens is 124 g/mol. The molecule has 0 bridgehead atoms. The van der Waals surface area contributed by atoms with Crippen LogP contribution in [-0.4, -0.2) is 22.7 Å². The molecule has 1 aliphatic heterocycles. The smallest absolute Gasteiger partial charge is 0.0323 e. The Morgan fingerprint density at radius 3 is 2.75 bits per heavy atom. The van der Waals surface area contributed by atoms with Gasteiger partial charge in [0.2, 0.25) is 0 Å². The summed E-state index contributed by atoms with van der Waals surface area (Å²) in [5.74, 6) is 5.40. The summed E-state index contributed by atoms with van der Waals surface area (Å²) in [6, 6.07) is 0. The maximum atomic E-state index is 5.40. The summed E-state index contributed by atoms with van der Waals surface area (Å²) in [6.45, 7) is 1.83. The van der Waals surface area contributed by atoms with Crippen LogP contribution in [0.4, 0.5) is 0 Å². The molecule has 0 unspecified atom stereocenters. The second-order valence-corrected chi connectivity index (χ2v) is 2.09. The molecule has 3 N–H and O–H groups in total. The van der Waals surface area contributed by atoms with Crippen molar-refractivity contribution in [3.63, 3.8) is 0 Å². The number of hydrogen-bond donors (Lipinski definition) is 3. The second kappa shape index (κ2) is 2.65. The van der Waals surface area contributed by atoms with E-state index in [4.69, 9.17) is 5.84 Å². The minimum atomic E-state index is 0.872. The molecule has 1 heterocycles. The van der Waals surface area contributed by atoms with Gasteiger partial charge in [-0.3, -0.25) is 5.84 Å². The normalized spacial score (nSPS) is 26.2. The maximum Gasteiger partial charge on any atom is 0.0323 e. The quantitative estimate of drug-likeness (QED) is 0.298. The summed E-state index contributed by atoms with van der Waals surface area (Å²) in [6.07, 6.45) is 1.08. The first kappa shape index (κ1) is 6.31. The van der Waals surface area contributed by atoms with E-state index in [2.05, 4.69) is 18.2 Å². The van der Waals surface area contributed by atoms with Crippen LogP contribution in [0.1, 0.15) is 6.42 Å². The number of nitrogens with zero attached hydrogens (tertiary/aromatic N) is 2. The highest BCUT2D eigenvalue weighted by Gasteiger charge is 2.10. The highest BCUT2D eigenvalue weighted by atomic mass is 32.1. The van der Waals surface area contributed by atoms with Crippen molar-refractivity contribution in [2.75, 3.05) is 13.1 Å². The van der Waals surface area contributed by atoms with Gasteiger partial charge in [-0.25, -0.2) is 5.43 Å². The van der Waals surface area contributed by atoms with Crippen LogP contribution in [-0.2, 0) is 0 Å². The zero-order valence-electron chi connectivity index (χ0n) is 4.54. The van der Waals surface area contributed by atoms with E-state index < -0.39 is 0 Å². The molecule has 1 rings (SSSR count). The molecule has 4 nitrogen and oxygen atoms in total. The molecule has 1 aliphatic rings. The van der Waals surface area contributed by atoms with Gasteiger partial charge in [0.1, 0.15) is 0 Å². The van der Waals surface area contributed by atoms with Crippen LogP contribution in [0.3, 0.4) is 0 Å². The van der Waals surface area contributed by atoms with Crippen molar-refractivity contribution in [3.8, 4) is 0 Å². The molecule has 0 radical (unpaired) electrons. The molecule has 0 amide bonds. The van der Waals surface area contributed by atoms with E-state index in [0.717, 1.165) is 19.5 Å². The lowest BCUT2D eigenvalue weighted by molar-refractivity contribution is -0.000760. The van der Waals surface area contributed by atoms with Crippen molar-refractivity contribution in [3.05, 3.63) is 0 Å². The van der Waals surface area contributed by atoms with E-state index in [-0.39, 0.29) is 0 Å². The zero-order valence-corrected chi connectivity index (χ0v) is 5.43. The Kier molecular flexibility index (Phi) is 2.09. The Labute approximate surface area is 54.1 Å². The van der Waals surface area contributed by atoms with Gasteiger partial charge in [0.15, 0.2) is 0 Å². The lowest BCUT2D eigenvalue weighted by Gasteiger charge is -2.30. The minimum absolute atomic E-state index is 0.872. The third kappa shape index (κ3) is 1.33. The van der Waals surface area contributed by atoms with Gasteiger partial charge in [0, 0.05) is 13.1 Å². The number of nitrogens with two attached hydrogens (primary N) is 1. The topological polar surface area (TPSA) is 44.5 Å². The van der Waals surface area contributed by atoms with Gasteiger partial charge in [0.05, 0.1) is 0 Å². The average molecular weight is 134 g/mol. The van der Waals surface area contributed by atoms with Gasteiger partial charge in [-0.2, -0.15) is 5.12 Å². The molecule has 0 aromatic heterocycles. The molecule has 1 fully saturated rings. The van der Waals surface area contributed by atoms with Gasteiger partial charge < -0.3 is 0 Å². The van der Waals surface area contributed by atoms with E-state index in [0.29, 0.717) is 0 Å². The SMILES string of the molecule is NN1CCCNN1S. The number of thiol groups is 1. The van der Waals surface area contributed by atoms with Gasteiger partial charge in [-0.15, -0.1) is 4.52 Å². The summed E-state index contributed by atoms with van der Waals surface area (Å²) in [5.41, 5.74) is 2.93. The summed E-state index contributed by atoms with van der Waals surface area (Å²) in [4.78, 5) is 0. The molecule has 8 heavy (non-hydrogen) atoms. The standard InChI is InChI=1S/C3H10N4S/c4-6-3-1-2-5-7(6)8/h5,8H,1-4H2. The van der Waals surface area contributed by atoms with Crippen LogP contribution >= 0.6 is 12.8 Å². The van der Waals surface area contributed by atoms with E-state index in [1.54, 1.807) is 0 Å². The van der Waals surface area contributed by atoms with E-state index in [1.165, 1.54) is 9.64 Å². The largest absolute Gasteiger partial charge is 0.253 e. The van der Waals surface area contributed by atoms with Crippen LogP contribution in [0.5, 0.6) is 0 Å². The van der Waals surface area contributed by atoms with Gasteiger partial charge in [0.25, 0.3) is 0 Å². The first-order chi connectivity index (χ1) is 3.80. The first-order valence-corrected chi connectivity index (χ1v) is 2.95. The van der Waals surface area contributed by atoms with E-state index >= 15 is 0 Å². The van der Waals surface area contributed by atoms with Gasteiger partial charge in [-0.1, -0.05) is 12.8 Å². The molecule has 48 valence electrons. The van der Waals surface area contributed by atoms with Crippen LogP contribution in [0.15, 0.2) is 0 Å². The lowest BCUT2D eigenvalue weighted by Crippen LogP contribution is -2.54. The molecule has 0 atom stereocenters. The Bertz CT molecular complexity index is 67.7. The highest BCUT2D eigenvalue weighted by molar-refractivity contribution is 7.77. The van der Waals surface area contributed by atoms with Crippen molar-refractivity contribution in [2.24, 2.45) is 5.84 Å². The Hall–Kier alpha value is 0.190. The Morgan fingerprint density at radius 1 is 1.62 bits per heavy atom. The molecule has 0 aromatic carbocycles. The fraction of sp³-hybridized carbons (Fsp3) is 1.00. The minimum Gasteiger partial charge on any atom is -0.253 e. The second-order valence-electron chi connectivity index (χ2n) is 1.71. The summed E-state index contributed by atoms with van der Waals surface area (Å²) in [5, 5.41) is 1.52. The van der Waals surface area contributed by atoms with Crippen molar-refractivity contribution in [1.82, 2.24) is 15.1 Å². The van der Waals surface area contributed by atoms with Gasteiger partial charge in [-0.05, 0) is 6.42 Å². The van der Waals surface area contributed by atoms with Crippen molar-refractivity contribution >= 4 is 12.8 Å². The maximum absolute atomic E-state index is 5.40. The molecule has 0 aromatic rings. The third-order valence-electron chi connectivity index (χ3n) is 1.06. The number of hydrazine groups is 3. The Morgan fingerprint density at radius 2 is 2.38 bits per heavy atom. The molecular formula is C3H10N4S. The third-order valence-corrected chi connectivity index (χ3v) is 1.43. The number of nitrogens with one attached hydrogen (secondary N) is 1. The number of rotatable bonds is 0. The van der Waals surface area contributed by atoms with Crippen molar-refractivity contribution < 1.29 is 0 Å². The van der Waals surface area contributed by atoms with Crippen molar-refractivity contribution in [2.45, 2.75) is 6.42 Å². The predicted octanol–water partition coefficient (Wildman–Crippen LogP) is -0.868. The van der Waals surface area contributed by atoms with Crippen LogP contribution < -0.4 is 11.3 Å². The van der Waals surface area contributed by atoms with Crippen molar-refractivity contribution in [1.29, 1.82) is 0 Å². The van der Waals surface area contributed by atoms with E-state index in [9.17, 15) is 0 Å². The van der Waals surface area contributed by atoms with Crippen LogP contribution in [0.25, 0.3) is 0 Å². The monoisotopic (exact) mass is 134 g/mol. The Balaban J connectivity index is 2.28. The summed E-state index contributed by atoms with van der Waals surface area (Å²) < 4.78 is 1.49. The summed E-state index contributed by atoms with van der Waals surface area (Å²) in [7, 11) is 0. The molecule has 0 aliphatic carbocycles. The predicted molar refractivity (Wildman–Crippen MR) is 34.3 cm³/mol. The molecule has 1 saturated heterocycles. The van der Waals surface area contributed by atoms with E-state index in [1.807, 2.05) is 0 Å². The fourth-order valence-electron chi connectivity index (χ4n) is 0.606. The van der Waals surface area contributed by atoms with Crippen LogP contribution in [0.2, 0.25) is 0 Å². The first-order valence-electron chi connectivity index (χ1n) is 2.55. The highest BCUT2D eigenvalue weighted by Crippen LogP contribution is 1.97. The molecule has 0 saturated carbocycles.